The molecule has 0 aromatic heterocycles. The minimum Gasteiger partial charge on any atom is -0.491 e. The second-order valence-electron chi connectivity index (χ2n) is 7.87. The average Bonchev–Trinajstić information content (AvgIpc) is 2.61. The van der Waals surface area contributed by atoms with Crippen LogP contribution in [0.3, 0.4) is 0 Å². The Morgan fingerprint density at radius 2 is 1.74 bits per heavy atom. The molecule has 1 atom stereocenters. The molecule has 27 heavy (non-hydrogen) atoms. The second kappa shape index (κ2) is 8.94. The molecule has 0 aliphatic rings. The van der Waals surface area contributed by atoms with Crippen molar-refractivity contribution in [3.63, 3.8) is 0 Å². The van der Waals surface area contributed by atoms with E-state index in [-0.39, 0.29) is 11.3 Å². The van der Waals surface area contributed by atoms with Crippen molar-refractivity contribution in [2.24, 2.45) is 0 Å². The summed E-state index contributed by atoms with van der Waals surface area (Å²) in [6.07, 6.45) is -0.564. The summed E-state index contributed by atoms with van der Waals surface area (Å²) in [6, 6.07) is 13.9. The SMILES string of the molecule is Cc1cccc(OCCNC(=O)C(C)Oc2ccc(C(C)(C)C)cc2)c1C. The maximum absolute atomic E-state index is 12.2. The molecule has 0 saturated heterocycles. The van der Waals surface area contributed by atoms with Crippen molar-refractivity contribution in [1.29, 1.82) is 0 Å². The van der Waals surface area contributed by atoms with Crippen molar-refractivity contribution < 1.29 is 14.3 Å². The fourth-order valence-corrected chi connectivity index (χ4v) is 2.65. The first kappa shape index (κ1) is 20.8. The van der Waals surface area contributed by atoms with Gasteiger partial charge < -0.3 is 14.8 Å². The Bertz CT molecular complexity index is 760. The maximum atomic E-state index is 12.2. The largest absolute Gasteiger partial charge is 0.491 e. The monoisotopic (exact) mass is 369 g/mol. The Labute approximate surface area is 162 Å². The molecular formula is C23H31NO3. The van der Waals surface area contributed by atoms with Gasteiger partial charge in [-0.1, -0.05) is 45.0 Å². The van der Waals surface area contributed by atoms with E-state index in [0.717, 1.165) is 11.3 Å². The number of rotatable bonds is 7. The summed E-state index contributed by atoms with van der Waals surface area (Å²) >= 11 is 0. The Balaban J connectivity index is 1.78. The third-order valence-corrected chi connectivity index (χ3v) is 4.62. The number of hydrogen-bond acceptors (Lipinski definition) is 3. The summed E-state index contributed by atoms with van der Waals surface area (Å²) < 4.78 is 11.5. The highest BCUT2D eigenvalue weighted by Gasteiger charge is 2.16. The Hall–Kier alpha value is -2.49. The lowest BCUT2D eigenvalue weighted by Gasteiger charge is -2.20. The molecule has 1 unspecified atom stereocenters. The molecule has 2 rings (SSSR count). The van der Waals surface area contributed by atoms with Crippen LogP contribution in [-0.2, 0) is 10.2 Å². The van der Waals surface area contributed by atoms with Crippen LogP contribution in [-0.4, -0.2) is 25.2 Å². The average molecular weight is 370 g/mol. The predicted octanol–water partition coefficient (Wildman–Crippen LogP) is 4.56. The zero-order chi connectivity index (χ0) is 20.0. The number of aryl methyl sites for hydroxylation is 1. The topological polar surface area (TPSA) is 47.6 Å². The summed E-state index contributed by atoms with van der Waals surface area (Å²) in [7, 11) is 0. The molecule has 1 N–H and O–H groups in total. The van der Waals surface area contributed by atoms with Gasteiger partial charge >= 0.3 is 0 Å². The lowest BCUT2D eigenvalue weighted by atomic mass is 9.87. The van der Waals surface area contributed by atoms with Crippen LogP contribution < -0.4 is 14.8 Å². The van der Waals surface area contributed by atoms with E-state index in [0.29, 0.717) is 18.9 Å². The van der Waals surface area contributed by atoms with E-state index in [9.17, 15) is 4.79 Å². The molecule has 0 aliphatic carbocycles. The van der Waals surface area contributed by atoms with E-state index in [2.05, 4.69) is 39.1 Å². The number of benzene rings is 2. The lowest BCUT2D eigenvalue weighted by Crippen LogP contribution is -2.38. The minimum atomic E-state index is -0.564. The first-order valence-electron chi connectivity index (χ1n) is 9.42. The van der Waals surface area contributed by atoms with Gasteiger partial charge in [-0.2, -0.15) is 0 Å². The fraction of sp³-hybridized carbons (Fsp3) is 0.435. The Morgan fingerprint density at radius 1 is 1.07 bits per heavy atom. The number of carbonyl (C=O) groups excluding carboxylic acids is 1. The van der Waals surface area contributed by atoms with Gasteiger partial charge in [0.15, 0.2) is 6.10 Å². The van der Waals surface area contributed by atoms with Crippen molar-refractivity contribution >= 4 is 5.91 Å². The number of nitrogens with one attached hydrogen (secondary N) is 1. The van der Waals surface area contributed by atoms with E-state index in [1.54, 1.807) is 6.92 Å². The molecule has 146 valence electrons. The van der Waals surface area contributed by atoms with Gasteiger partial charge in [-0.25, -0.2) is 0 Å². The molecule has 0 aliphatic heterocycles. The van der Waals surface area contributed by atoms with Crippen LogP contribution in [0.5, 0.6) is 11.5 Å². The van der Waals surface area contributed by atoms with Gasteiger partial charge in [0.2, 0.25) is 0 Å². The number of amides is 1. The molecule has 4 heteroatoms. The van der Waals surface area contributed by atoms with Crippen LogP contribution in [0.1, 0.15) is 44.4 Å². The minimum absolute atomic E-state index is 0.0944. The zero-order valence-corrected chi connectivity index (χ0v) is 17.3. The van der Waals surface area contributed by atoms with E-state index < -0.39 is 6.10 Å². The number of hydrogen-bond donors (Lipinski definition) is 1. The standard InChI is InChI=1S/C23H31NO3/c1-16-8-7-9-21(17(16)2)26-15-14-24-22(25)18(3)27-20-12-10-19(11-13-20)23(4,5)6/h7-13,18H,14-15H2,1-6H3,(H,24,25). The normalized spacial score (nSPS) is 12.4. The summed E-state index contributed by atoms with van der Waals surface area (Å²) in [5, 5.41) is 2.85. The summed E-state index contributed by atoms with van der Waals surface area (Å²) in [5.41, 5.74) is 3.64. The van der Waals surface area contributed by atoms with Gasteiger partial charge in [-0.15, -0.1) is 0 Å². The van der Waals surface area contributed by atoms with Crippen molar-refractivity contribution in [1.82, 2.24) is 5.32 Å². The van der Waals surface area contributed by atoms with Gasteiger partial charge in [0, 0.05) is 0 Å². The van der Waals surface area contributed by atoms with Gasteiger partial charge in [-0.05, 0) is 61.1 Å². The Kier molecular flexibility index (Phi) is 6.89. The van der Waals surface area contributed by atoms with Crippen molar-refractivity contribution in [3.05, 3.63) is 59.2 Å². The third kappa shape index (κ3) is 6.02. The summed E-state index contributed by atoms with van der Waals surface area (Å²) in [6.45, 7) is 13.2. The molecule has 0 spiro atoms. The predicted molar refractivity (Wildman–Crippen MR) is 110 cm³/mol. The molecule has 0 bridgehead atoms. The van der Waals surface area contributed by atoms with Crippen molar-refractivity contribution in [3.8, 4) is 11.5 Å². The quantitative estimate of drug-likeness (QED) is 0.728. The highest BCUT2D eigenvalue weighted by Crippen LogP contribution is 2.24. The van der Waals surface area contributed by atoms with E-state index in [1.807, 2.05) is 43.3 Å². The number of ether oxygens (including phenoxy) is 2. The van der Waals surface area contributed by atoms with Crippen LogP contribution in [0.4, 0.5) is 0 Å². The van der Waals surface area contributed by atoms with Gasteiger partial charge in [-0.3, -0.25) is 4.79 Å². The maximum Gasteiger partial charge on any atom is 0.260 e. The molecule has 0 saturated carbocycles. The highest BCUT2D eigenvalue weighted by atomic mass is 16.5. The summed E-state index contributed by atoms with van der Waals surface area (Å²) in [4.78, 5) is 12.2. The van der Waals surface area contributed by atoms with E-state index in [4.69, 9.17) is 9.47 Å². The van der Waals surface area contributed by atoms with Gasteiger partial charge in [0.1, 0.15) is 18.1 Å². The first-order valence-corrected chi connectivity index (χ1v) is 9.42. The van der Waals surface area contributed by atoms with E-state index >= 15 is 0 Å². The molecule has 2 aromatic carbocycles. The smallest absolute Gasteiger partial charge is 0.260 e. The molecular weight excluding hydrogens is 338 g/mol. The molecule has 1 amide bonds. The molecule has 4 nitrogen and oxygen atoms in total. The summed E-state index contributed by atoms with van der Waals surface area (Å²) in [5.74, 6) is 1.39. The fourth-order valence-electron chi connectivity index (χ4n) is 2.65. The van der Waals surface area contributed by atoms with Crippen molar-refractivity contribution in [2.75, 3.05) is 13.2 Å². The first-order chi connectivity index (χ1) is 12.7. The lowest BCUT2D eigenvalue weighted by molar-refractivity contribution is -0.127. The van der Waals surface area contributed by atoms with Crippen LogP contribution in [0.15, 0.2) is 42.5 Å². The Morgan fingerprint density at radius 3 is 2.37 bits per heavy atom. The van der Waals surface area contributed by atoms with Crippen LogP contribution in [0.25, 0.3) is 0 Å². The molecule has 0 fully saturated rings. The van der Waals surface area contributed by atoms with Crippen LogP contribution in [0.2, 0.25) is 0 Å². The highest BCUT2D eigenvalue weighted by molar-refractivity contribution is 5.80. The zero-order valence-electron chi connectivity index (χ0n) is 17.3. The molecule has 0 radical (unpaired) electrons. The van der Waals surface area contributed by atoms with Crippen LogP contribution >= 0.6 is 0 Å². The van der Waals surface area contributed by atoms with E-state index in [1.165, 1.54) is 11.1 Å². The third-order valence-electron chi connectivity index (χ3n) is 4.62. The van der Waals surface area contributed by atoms with Gasteiger partial charge in [0.25, 0.3) is 5.91 Å². The second-order valence-corrected chi connectivity index (χ2v) is 7.87. The molecule has 2 aromatic rings. The van der Waals surface area contributed by atoms with Crippen LogP contribution in [0, 0.1) is 13.8 Å². The molecule has 0 heterocycles. The van der Waals surface area contributed by atoms with Crippen molar-refractivity contribution in [2.45, 2.75) is 53.1 Å². The van der Waals surface area contributed by atoms with Gasteiger partial charge in [0.05, 0.1) is 6.54 Å². The number of carbonyl (C=O) groups is 1.